The number of pyridine rings is 1. The first-order chi connectivity index (χ1) is 21.8. The van der Waals surface area contributed by atoms with Gasteiger partial charge in [0.15, 0.2) is 17.3 Å². The first-order valence-electron chi connectivity index (χ1n) is 14.7. The molecule has 0 unspecified atom stereocenters. The Morgan fingerprint density at radius 2 is 1.83 bits per heavy atom. The Morgan fingerprint density at radius 1 is 1.09 bits per heavy atom. The fraction of sp³-hybridized carbons (Fsp3) is 0.294. The second-order valence-corrected chi connectivity index (χ2v) is 13.0. The average molecular weight is 646 g/mol. The van der Waals surface area contributed by atoms with Gasteiger partial charge in [-0.25, -0.2) is 9.07 Å². The molecule has 0 fully saturated rings. The highest BCUT2D eigenvalue weighted by Crippen LogP contribution is 2.36. The molecule has 3 heterocycles. The van der Waals surface area contributed by atoms with E-state index in [0.29, 0.717) is 50.9 Å². The van der Waals surface area contributed by atoms with Gasteiger partial charge in [0, 0.05) is 37.5 Å². The normalized spacial score (nSPS) is 11.7. The zero-order valence-corrected chi connectivity index (χ0v) is 27.2. The molecular formula is C34H36FN5O5S. The number of halogens is 1. The molecule has 0 aliphatic heterocycles. The van der Waals surface area contributed by atoms with Gasteiger partial charge in [-0.3, -0.25) is 24.0 Å². The number of likely N-dealkylation sites (N-methyl/N-ethyl adjacent to an activating group) is 1. The highest BCUT2D eigenvalue weighted by Gasteiger charge is 2.27. The lowest BCUT2D eigenvalue weighted by Gasteiger charge is -2.22. The number of fused-ring (bicyclic) bond motifs is 1. The van der Waals surface area contributed by atoms with Crippen LogP contribution < -0.4 is 15.6 Å². The molecule has 1 amide bonds. The summed E-state index contributed by atoms with van der Waals surface area (Å²) in [5.41, 5.74) is 0.187. The molecule has 2 N–H and O–H groups in total. The summed E-state index contributed by atoms with van der Waals surface area (Å²) in [5.74, 6) is -1.10. The smallest absolute Gasteiger partial charge is 0.282 e. The first-order valence-corrected chi connectivity index (χ1v) is 15.5. The summed E-state index contributed by atoms with van der Waals surface area (Å²) < 4.78 is 24.8. The number of amides is 1. The van der Waals surface area contributed by atoms with Gasteiger partial charge in [0.25, 0.3) is 11.5 Å². The zero-order valence-electron chi connectivity index (χ0n) is 26.3. The van der Waals surface area contributed by atoms with Gasteiger partial charge in [0.2, 0.25) is 0 Å². The van der Waals surface area contributed by atoms with E-state index < -0.39 is 22.8 Å². The molecule has 0 radical (unpaired) electrons. The van der Waals surface area contributed by atoms with Gasteiger partial charge in [0.05, 0.1) is 32.9 Å². The molecule has 5 rings (SSSR count). The molecule has 0 aliphatic rings. The summed E-state index contributed by atoms with van der Waals surface area (Å²) in [6.07, 6.45) is 1.31. The lowest BCUT2D eigenvalue weighted by molar-refractivity contribution is 0.0545. The first kappa shape index (κ1) is 32.7. The number of para-hydroxylation sites is 1. The molecule has 3 aromatic heterocycles. The van der Waals surface area contributed by atoms with Crippen molar-refractivity contribution in [1.29, 1.82) is 0 Å². The van der Waals surface area contributed by atoms with Gasteiger partial charge in [-0.1, -0.05) is 24.3 Å². The third kappa shape index (κ3) is 7.25. The Morgan fingerprint density at radius 3 is 2.50 bits per heavy atom. The number of rotatable bonds is 12. The lowest BCUT2D eigenvalue weighted by atomic mass is 10.0. The van der Waals surface area contributed by atoms with Crippen molar-refractivity contribution in [2.75, 3.05) is 27.2 Å². The standard InChI is InChI=1S/C34H36FN5O5S/c1-21-30(33(43)40(23-9-7-6-8-10-23)39(21)20-34(2,3)44)26(41)18-22-11-12-27(24(35)17-22)45-28-13-14-36-25-19-29(46-31(25)28)32(42)37-15-16-38(4)5/h6-14,17,19,44H,15-16,18,20H2,1-5H3,(H,37,42). The van der Waals surface area contributed by atoms with E-state index in [1.165, 1.54) is 34.3 Å². The van der Waals surface area contributed by atoms with Crippen LogP contribution in [0.2, 0.25) is 0 Å². The van der Waals surface area contributed by atoms with Crippen molar-refractivity contribution in [3.8, 4) is 17.2 Å². The minimum Gasteiger partial charge on any atom is -0.453 e. The molecular weight excluding hydrogens is 609 g/mol. The quantitative estimate of drug-likeness (QED) is 0.184. The Hall–Kier alpha value is -4.65. The molecule has 46 heavy (non-hydrogen) atoms. The average Bonchev–Trinajstić information content (AvgIpc) is 3.53. The van der Waals surface area contributed by atoms with Crippen LogP contribution in [-0.4, -0.2) is 68.8 Å². The Kier molecular flexibility index (Phi) is 9.52. The molecule has 12 heteroatoms. The van der Waals surface area contributed by atoms with Crippen LogP contribution in [0.25, 0.3) is 15.9 Å². The van der Waals surface area contributed by atoms with Crippen LogP contribution in [0.3, 0.4) is 0 Å². The van der Waals surface area contributed by atoms with Crippen LogP contribution in [0.1, 0.15) is 45.1 Å². The van der Waals surface area contributed by atoms with Crippen molar-refractivity contribution in [3.05, 3.63) is 105 Å². The molecule has 0 bridgehead atoms. The molecule has 2 aromatic carbocycles. The van der Waals surface area contributed by atoms with Crippen molar-refractivity contribution >= 4 is 33.2 Å². The number of nitrogens with one attached hydrogen (secondary N) is 1. The molecule has 0 aliphatic carbocycles. The van der Waals surface area contributed by atoms with Crippen molar-refractivity contribution in [2.24, 2.45) is 0 Å². The number of ketones is 1. The second kappa shape index (κ2) is 13.4. The molecule has 0 spiro atoms. The van der Waals surface area contributed by atoms with Gasteiger partial charge in [-0.05, 0) is 70.8 Å². The maximum Gasteiger partial charge on any atom is 0.282 e. The minimum absolute atomic E-state index is 0.0210. The number of hydrogen-bond acceptors (Lipinski definition) is 8. The number of aliphatic hydroxyl groups is 1. The lowest BCUT2D eigenvalue weighted by Crippen LogP contribution is -2.32. The molecule has 0 saturated carbocycles. The van der Waals surface area contributed by atoms with Gasteiger partial charge in [-0.2, -0.15) is 0 Å². The van der Waals surface area contributed by atoms with E-state index in [9.17, 15) is 19.5 Å². The fourth-order valence-corrected chi connectivity index (χ4v) is 6.05. The summed E-state index contributed by atoms with van der Waals surface area (Å²) in [6, 6.07) is 16.4. The van der Waals surface area contributed by atoms with Gasteiger partial charge < -0.3 is 20.1 Å². The van der Waals surface area contributed by atoms with Crippen LogP contribution >= 0.6 is 11.3 Å². The summed E-state index contributed by atoms with van der Waals surface area (Å²) >= 11 is 1.20. The maximum atomic E-state index is 15.3. The minimum atomic E-state index is -1.16. The van der Waals surface area contributed by atoms with Crippen molar-refractivity contribution in [1.82, 2.24) is 24.6 Å². The van der Waals surface area contributed by atoms with E-state index >= 15 is 4.39 Å². The number of aromatic nitrogens is 3. The number of carbonyl (C=O) groups excluding carboxylic acids is 2. The van der Waals surface area contributed by atoms with E-state index in [2.05, 4.69) is 10.3 Å². The van der Waals surface area contributed by atoms with Gasteiger partial charge in [-0.15, -0.1) is 11.3 Å². The highest BCUT2D eigenvalue weighted by atomic mass is 32.1. The Bertz CT molecular complexity index is 1960. The Labute approximate surface area is 269 Å². The molecule has 0 saturated heterocycles. The SMILES string of the molecule is Cc1c(C(=O)Cc2ccc(Oc3ccnc4cc(C(=O)NCCN(C)C)sc34)c(F)c2)c(=O)n(-c2ccccc2)n1CC(C)(C)O. The molecule has 0 atom stereocenters. The number of nitrogens with zero attached hydrogens (tertiary/aromatic N) is 4. The van der Waals surface area contributed by atoms with Crippen LogP contribution in [-0.2, 0) is 13.0 Å². The second-order valence-electron chi connectivity index (χ2n) is 11.9. The van der Waals surface area contributed by atoms with Crippen LogP contribution in [0.15, 0.2) is 71.7 Å². The number of Topliss-reactive ketones (excluding diaryl/α,β-unsaturated/α-hetero) is 1. The van der Waals surface area contributed by atoms with Crippen molar-refractivity contribution in [3.63, 3.8) is 0 Å². The Balaban J connectivity index is 1.37. The maximum absolute atomic E-state index is 15.3. The summed E-state index contributed by atoms with van der Waals surface area (Å²) in [5, 5.41) is 13.4. The van der Waals surface area contributed by atoms with E-state index in [0.717, 1.165) is 0 Å². The number of ether oxygens (including phenoxy) is 1. The summed E-state index contributed by atoms with van der Waals surface area (Å²) in [6.45, 7) is 6.18. The topological polar surface area (TPSA) is 119 Å². The number of thiophene rings is 1. The summed E-state index contributed by atoms with van der Waals surface area (Å²) in [4.78, 5) is 46.5. The number of hydrogen-bond donors (Lipinski definition) is 2. The van der Waals surface area contributed by atoms with Gasteiger partial charge >= 0.3 is 0 Å². The molecule has 240 valence electrons. The predicted molar refractivity (Wildman–Crippen MR) is 176 cm³/mol. The van der Waals surface area contributed by atoms with Crippen LogP contribution in [0.5, 0.6) is 11.5 Å². The van der Waals surface area contributed by atoms with Crippen LogP contribution in [0, 0.1) is 12.7 Å². The number of benzene rings is 2. The van der Waals surface area contributed by atoms with Gasteiger partial charge in [0.1, 0.15) is 11.3 Å². The number of carbonyl (C=O) groups is 2. The predicted octanol–water partition coefficient (Wildman–Crippen LogP) is 4.98. The third-order valence-electron chi connectivity index (χ3n) is 7.24. The monoisotopic (exact) mass is 645 g/mol. The van der Waals surface area contributed by atoms with Crippen molar-refractivity contribution in [2.45, 2.75) is 39.3 Å². The fourth-order valence-electron chi connectivity index (χ4n) is 5.07. The van der Waals surface area contributed by atoms with Crippen molar-refractivity contribution < 1.29 is 23.8 Å². The zero-order chi connectivity index (χ0) is 33.2. The molecule has 5 aromatic rings. The third-order valence-corrected chi connectivity index (χ3v) is 8.38. The largest absolute Gasteiger partial charge is 0.453 e. The van der Waals surface area contributed by atoms with E-state index in [-0.39, 0.29) is 30.2 Å². The van der Waals surface area contributed by atoms with E-state index in [1.807, 2.05) is 25.1 Å². The van der Waals surface area contributed by atoms with E-state index in [1.54, 1.807) is 67.9 Å². The van der Waals surface area contributed by atoms with E-state index in [4.69, 9.17) is 4.74 Å². The molecule has 10 nitrogen and oxygen atoms in total. The summed E-state index contributed by atoms with van der Waals surface area (Å²) in [7, 11) is 3.84. The van der Waals surface area contributed by atoms with Crippen LogP contribution in [0.4, 0.5) is 4.39 Å². The highest BCUT2D eigenvalue weighted by molar-refractivity contribution is 7.21.